The Hall–Kier alpha value is -2.96. The van der Waals surface area contributed by atoms with Gasteiger partial charge in [-0.25, -0.2) is 18.2 Å². The number of allylic oxidation sites excluding steroid dienone is 1. The van der Waals surface area contributed by atoms with E-state index in [9.17, 15) is 13.2 Å². The van der Waals surface area contributed by atoms with Crippen LogP contribution in [0.2, 0.25) is 0 Å². The lowest BCUT2D eigenvalue weighted by atomic mass is 9.86. The quantitative estimate of drug-likeness (QED) is 0.275. The summed E-state index contributed by atoms with van der Waals surface area (Å²) in [5, 5.41) is 17.7. The number of hydrogen-bond acceptors (Lipinski definition) is 10. The van der Waals surface area contributed by atoms with Gasteiger partial charge in [0.15, 0.2) is 9.84 Å². The summed E-state index contributed by atoms with van der Waals surface area (Å²) < 4.78 is 37.3. The minimum absolute atomic E-state index is 0.0921. The van der Waals surface area contributed by atoms with Crippen LogP contribution in [-0.4, -0.2) is 62.4 Å². The number of benzene rings is 1. The molecule has 2 heterocycles. The molecule has 2 saturated carbocycles. The molecule has 1 aromatic heterocycles. The standard InChI is InChI=1S/C28H37N5O5S2/c1-17(2)38-28(34)33-19-5-3-18(4-6-19)27-31-14-25(39-27)24-10-7-20(11-26(24)40(35,36)23-8-9-23)32-21(12-29)13-30-22-15-37-16-22/h7,10-14,17-19,22-23,29-30,32H,3-6,8-9,15-16H2,1-2H3,(H,33,34)/b21-13+,29-12?. The van der Waals surface area contributed by atoms with E-state index in [0.29, 0.717) is 47.9 Å². The van der Waals surface area contributed by atoms with Crippen LogP contribution in [0.1, 0.15) is 63.3 Å². The van der Waals surface area contributed by atoms with Crippen molar-refractivity contribution in [2.24, 2.45) is 0 Å². The van der Waals surface area contributed by atoms with Gasteiger partial charge in [0, 0.05) is 41.8 Å². The number of alkyl carbamates (subject to hydrolysis) is 1. The van der Waals surface area contributed by atoms with E-state index in [1.807, 2.05) is 26.0 Å². The van der Waals surface area contributed by atoms with Gasteiger partial charge >= 0.3 is 6.09 Å². The molecule has 216 valence electrons. The SMILES string of the molecule is CC(C)OC(=O)NC1CCC(c2ncc(-c3ccc(N/C(C=N)=C/NC4COC4)cc3S(=O)(=O)C3CC3)s2)CC1. The van der Waals surface area contributed by atoms with Crippen LogP contribution in [0.15, 0.2) is 41.2 Å². The van der Waals surface area contributed by atoms with Gasteiger partial charge in [-0.15, -0.1) is 11.3 Å². The smallest absolute Gasteiger partial charge is 0.407 e. The zero-order valence-corrected chi connectivity index (χ0v) is 24.4. The van der Waals surface area contributed by atoms with Crippen molar-refractivity contribution in [3.8, 4) is 10.4 Å². The highest BCUT2D eigenvalue weighted by Gasteiger charge is 2.39. The molecule has 0 spiro atoms. The van der Waals surface area contributed by atoms with Crippen molar-refractivity contribution in [2.75, 3.05) is 18.5 Å². The van der Waals surface area contributed by atoms with E-state index in [1.165, 1.54) is 6.21 Å². The average Bonchev–Trinajstić information content (AvgIpc) is 3.65. The van der Waals surface area contributed by atoms with Gasteiger partial charge in [-0.1, -0.05) is 6.07 Å². The van der Waals surface area contributed by atoms with Gasteiger partial charge in [-0.2, -0.15) is 0 Å². The number of rotatable bonds is 11. The first-order chi connectivity index (χ1) is 19.2. The molecule has 10 nitrogen and oxygen atoms in total. The first kappa shape index (κ1) is 28.6. The fraction of sp³-hybridized carbons (Fsp3) is 0.536. The highest BCUT2D eigenvalue weighted by molar-refractivity contribution is 7.92. The maximum Gasteiger partial charge on any atom is 0.407 e. The molecule has 1 aliphatic heterocycles. The molecule has 1 saturated heterocycles. The molecule has 1 aromatic carbocycles. The van der Waals surface area contributed by atoms with Crippen molar-refractivity contribution in [2.45, 2.75) is 86.6 Å². The van der Waals surface area contributed by atoms with Crippen LogP contribution in [0.4, 0.5) is 10.5 Å². The van der Waals surface area contributed by atoms with Gasteiger partial charge in [0.1, 0.15) is 0 Å². The third-order valence-corrected chi connectivity index (χ3v) is 10.8. The first-order valence-corrected chi connectivity index (χ1v) is 16.2. The molecule has 3 aliphatic rings. The fourth-order valence-electron chi connectivity index (χ4n) is 4.92. The van der Waals surface area contributed by atoms with Crippen LogP contribution in [0, 0.1) is 5.41 Å². The summed E-state index contributed by atoms with van der Waals surface area (Å²) >= 11 is 1.55. The molecule has 3 fully saturated rings. The molecule has 0 unspecified atom stereocenters. The summed E-state index contributed by atoms with van der Waals surface area (Å²) in [6.07, 6.45) is 9.02. The van der Waals surface area contributed by atoms with E-state index in [0.717, 1.165) is 35.6 Å². The van der Waals surface area contributed by atoms with Gasteiger partial charge in [0.2, 0.25) is 0 Å². The summed E-state index contributed by atoms with van der Waals surface area (Å²) in [6.45, 7) is 4.92. The molecule has 12 heteroatoms. The highest BCUT2D eigenvalue weighted by atomic mass is 32.2. The molecule has 1 amide bonds. The van der Waals surface area contributed by atoms with E-state index in [-0.39, 0.29) is 35.4 Å². The third-order valence-electron chi connectivity index (χ3n) is 7.34. The number of sulfone groups is 1. The Morgan fingerprint density at radius 1 is 1.15 bits per heavy atom. The highest BCUT2D eigenvalue weighted by Crippen LogP contribution is 2.43. The Kier molecular flexibility index (Phi) is 8.77. The molecular formula is C28H37N5O5S2. The lowest BCUT2D eigenvalue weighted by molar-refractivity contribution is 0.000724. The maximum absolute atomic E-state index is 13.5. The summed E-state index contributed by atoms with van der Waals surface area (Å²) in [5.41, 5.74) is 1.80. The van der Waals surface area contributed by atoms with Crippen molar-refractivity contribution >= 4 is 39.2 Å². The Labute approximate surface area is 239 Å². The molecule has 0 atom stereocenters. The first-order valence-electron chi connectivity index (χ1n) is 13.9. The summed E-state index contributed by atoms with van der Waals surface area (Å²) in [4.78, 5) is 17.8. The van der Waals surface area contributed by atoms with Gasteiger partial charge < -0.3 is 30.8 Å². The summed E-state index contributed by atoms with van der Waals surface area (Å²) in [5.74, 6) is 0.274. The van der Waals surface area contributed by atoms with Crippen LogP contribution >= 0.6 is 11.3 Å². The minimum atomic E-state index is -3.50. The Bertz CT molecular complexity index is 1360. The number of carbonyl (C=O) groups excluding carboxylic acids is 1. The Morgan fingerprint density at radius 3 is 2.52 bits per heavy atom. The van der Waals surface area contributed by atoms with E-state index < -0.39 is 9.84 Å². The third kappa shape index (κ3) is 6.84. The second kappa shape index (κ2) is 12.3. The summed E-state index contributed by atoms with van der Waals surface area (Å²) in [7, 11) is -3.50. The van der Waals surface area contributed by atoms with Gasteiger partial charge in [-0.3, -0.25) is 0 Å². The number of nitrogens with one attached hydrogen (secondary N) is 4. The van der Waals surface area contributed by atoms with E-state index in [4.69, 9.17) is 19.9 Å². The lowest BCUT2D eigenvalue weighted by Gasteiger charge is -2.28. The van der Waals surface area contributed by atoms with E-state index >= 15 is 0 Å². The second-order valence-electron chi connectivity index (χ2n) is 10.9. The molecule has 40 heavy (non-hydrogen) atoms. The largest absolute Gasteiger partial charge is 0.447 e. The normalized spacial score (nSPS) is 21.9. The predicted octanol–water partition coefficient (Wildman–Crippen LogP) is 4.80. The molecule has 5 rings (SSSR count). The second-order valence-corrected chi connectivity index (χ2v) is 14.2. The predicted molar refractivity (Wildman–Crippen MR) is 156 cm³/mol. The molecular weight excluding hydrogens is 550 g/mol. The molecule has 4 N–H and O–H groups in total. The van der Waals surface area contributed by atoms with Crippen molar-refractivity contribution < 1.29 is 22.7 Å². The zero-order chi connectivity index (χ0) is 28.3. The van der Waals surface area contributed by atoms with Crippen molar-refractivity contribution in [3.05, 3.63) is 41.3 Å². The zero-order valence-electron chi connectivity index (χ0n) is 22.8. The molecule has 2 aromatic rings. The number of anilines is 1. The monoisotopic (exact) mass is 587 g/mol. The topological polar surface area (TPSA) is 142 Å². The number of thiazole rings is 1. The Balaban J connectivity index is 1.31. The van der Waals surface area contributed by atoms with Crippen LogP contribution in [0.5, 0.6) is 0 Å². The Morgan fingerprint density at radius 2 is 1.90 bits per heavy atom. The average molecular weight is 588 g/mol. The number of hydrogen-bond donors (Lipinski definition) is 4. The van der Waals surface area contributed by atoms with Crippen molar-refractivity contribution in [1.29, 1.82) is 5.41 Å². The minimum Gasteiger partial charge on any atom is -0.447 e. The van der Waals surface area contributed by atoms with E-state index in [2.05, 4.69) is 16.0 Å². The van der Waals surface area contributed by atoms with Crippen molar-refractivity contribution in [3.63, 3.8) is 0 Å². The number of nitrogens with zero attached hydrogens (tertiary/aromatic N) is 1. The number of ether oxygens (including phenoxy) is 2. The lowest BCUT2D eigenvalue weighted by Crippen LogP contribution is -2.43. The number of aromatic nitrogens is 1. The van der Waals surface area contributed by atoms with Crippen LogP contribution < -0.4 is 16.0 Å². The fourth-order valence-corrected chi connectivity index (χ4v) is 8.00. The van der Waals surface area contributed by atoms with Crippen LogP contribution in [0.25, 0.3) is 10.4 Å². The number of carbonyl (C=O) groups is 1. The summed E-state index contributed by atoms with van der Waals surface area (Å²) in [6, 6.07) is 5.68. The molecule has 0 radical (unpaired) electrons. The van der Waals surface area contributed by atoms with Gasteiger partial charge in [-0.05, 0) is 64.5 Å². The van der Waals surface area contributed by atoms with Gasteiger partial charge in [0.25, 0.3) is 0 Å². The van der Waals surface area contributed by atoms with Crippen LogP contribution in [0.3, 0.4) is 0 Å². The molecule has 0 bridgehead atoms. The number of amides is 1. The van der Waals surface area contributed by atoms with Crippen molar-refractivity contribution in [1.82, 2.24) is 15.6 Å². The van der Waals surface area contributed by atoms with Gasteiger partial charge in [0.05, 0.1) is 51.1 Å². The maximum atomic E-state index is 13.5. The molecule has 2 aliphatic carbocycles. The van der Waals surface area contributed by atoms with E-state index in [1.54, 1.807) is 29.8 Å². The van der Waals surface area contributed by atoms with Crippen LogP contribution in [-0.2, 0) is 19.3 Å².